The Morgan fingerprint density at radius 2 is 1.96 bits per heavy atom. The SMILES string of the molecule is Cc1cccc(C(=O)N(C)Cc2nc3ccccc3c(=O)[nH]2)c1. The second-order valence-electron chi connectivity index (χ2n) is 5.56. The van der Waals surface area contributed by atoms with Gasteiger partial charge in [-0.2, -0.15) is 0 Å². The van der Waals surface area contributed by atoms with Crippen molar-refractivity contribution in [2.75, 3.05) is 7.05 Å². The molecular formula is C18H17N3O2. The summed E-state index contributed by atoms with van der Waals surface area (Å²) in [5.74, 6) is 0.363. The molecule has 1 heterocycles. The summed E-state index contributed by atoms with van der Waals surface area (Å²) in [6.45, 7) is 2.19. The largest absolute Gasteiger partial charge is 0.334 e. The number of carbonyl (C=O) groups excluding carboxylic acids is 1. The van der Waals surface area contributed by atoms with Crippen LogP contribution in [-0.4, -0.2) is 27.8 Å². The molecule has 5 nitrogen and oxygen atoms in total. The number of aromatic amines is 1. The zero-order chi connectivity index (χ0) is 16.4. The number of aryl methyl sites for hydroxylation is 1. The summed E-state index contributed by atoms with van der Waals surface area (Å²) in [4.78, 5) is 33.2. The minimum Gasteiger partial charge on any atom is -0.334 e. The molecule has 3 aromatic rings. The Bertz CT molecular complexity index is 931. The highest BCUT2D eigenvalue weighted by atomic mass is 16.2. The Morgan fingerprint density at radius 3 is 2.74 bits per heavy atom. The average Bonchev–Trinajstić information content (AvgIpc) is 2.54. The summed E-state index contributed by atoms with van der Waals surface area (Å²) in [5.41, 5.74) is 2.08. The van der Waals surface area contributed by atoms with Crippen LogP contribution in [0.25, 0.3) is 10.9 Å². The molecule has 0 aliphatic heterocycles. The van der Waals surface area contributed by atoms with Crippen LogP contribution in [0.2, 0.25) is 0 Å². The molecule has 1 aromatic heterocycles. The van der Waals surface area contributed by atoms with E-state index in [1.165, 1.54) is 0 Å². The van der Waals surface area contributed by atoms with Crippen molar-refractivity contribution >= 4 is 16.8 Å². The fourth-order valence-electron chi connectivity index (χ4n) is 2.50. The monoisotopic (exact) mass is 307 g/mol. The van der Waals surface area contributed by atoms with Crippen molar-refractivity contribution < 1.29 is 4.79 Å². The van der Waals surface area contributed by atoms with E-state index >= 15 is 0 Å². The summed E-state index contributed by atoms with van der Waals surface area (Å²) < 4.78 is 0. The molecule has 0 aliphatic carbocycles. The third-order valence-corrected chi connectivity index (χ3v) is 3.66. The number of fused-ring (bicyclic) bond motifs is 1. The second kappa shape index (κ2) is 6.04. The number of hydrogen-bond acceptors (Lipinski definition) is 3. The highest BCUT2D eigenvalue weighted by Crippen LogP contribution is 2.10. The van der Waals surface area contributed by atoms with Crippen LogP contribution < -0.4 is 5.56 Å². The number of para-hydroxylation sites is 1. The topological polar surface area (TPSA) is 66.1 Å². The van der Waals surface area contributed by atoms with Gasteiger partial charge in [0.05, 0.1) is 17.4 Å². The van der Waals surface area contributed by atoms with Crippen molar-refractivity contribution in [3.63, 3.8) is 0 Å². The summed E-state index contributed by atoms with van der Waals surface area (Å²) >= 11 is 0. The minimum absolute atomic E-state index is 0.107. The third-order valence-electron chi connectivity index (χ3n) is 3.66. The maximum Gasteiger partial charge on any atom is 0.258 e. The highest BCUT2D eigenvalue weighted by Gasteiger charge is 2.13. The first kappa shape index (κ1) is 15.0. The predicted molar refractivity (Wildman–Crippen MR) is 89.3 cm³/mol. The number of H-pyrrole nitrogens is 1. The Hall–Kier alpha value is -2.95. The molecule has 2 aromatic carbocycles. The van der Waals surface area contributed by atoms with E-state index in [4.69, 9.17) is 0 Å². The van der Waals surface area contributed by atoms with Crippen LogP contribution in [0.1, 0.15) is 21.7 Å². The van der Waals surface area contributed by atoms with Gasteiger partial charge in [0.25, 0.3) is 11.5 Å². The van der Waals surface area contributed by atoms with E-state index in [9.17, 15) is 9.59 Å². The molecule has 0 spiro atoms. The van der Waals surface area contributed by atoms with Crippen LogP contribution in [0, 0.1) is 6.92 Å². The van der Waals surface area contributed by atoms with E-state index in [2.05, 4.69) is 9.97 Å². The lowest BCUT2D eigenvalue weighted by Gasteiger charge is -2.17. The fourth-order valence-corrected chi connectivity index (χ4v) is 2.50. The van der Waals surface area contributed by atoms with Gasteiger partial charge in [-0.15, -0.1) is 0 Å². The lowest BCUT2D eigenvalue weighted by atomic mass is 10.1. The van der Waals surface area contributed by atoms with Gasteiger partial charge < -0.3 is 9.88 Å². The van der Waals surface area contributed by atoms with Crippen LogP contribution >= 0.6 is 0 Å². The van der Waals surface area contributed by atoms with Gasteiger partial charge in [0.2, 0.25) is 0 Å². The van der Waals surface area contributed by atoms with E-state index < -0.39 is 0 Å². The number of amides is 1. The number of aromatic nitrogens is 2. The molecule has 23 heavy (non-hydrogen) atoms. The molecule has 0 unspecified atom stereocenters. The Balaban J connectivity index is 1.86. The molecule has 0 saturated heterocycles. The van der Waals surface area contributed by atoms with Crippen LogP contribution in [-0.2, 0) is 6.54 Å². The third kappa shape index (κ3) is 3.13. The van der Waals surface area contributed by atoms with Crippen LogP contribution in [0.3, 0.4) is 0 Å². The molecule has 0 fully saturated rings. The Morgan fingerprint density at radius 1 is 1.17 bits per heavy atom. The van der Waals surface area contributed by atoms with Crippen molar-refractivity contribution in [3.8, 4) is 0 Å². The van der Waals surface area contributed by atoms with Gasteiger partial charge in [0.15, 0.2) is 0 Å². The lowest BCUT2D eigenvalue weighted by Crippen LogP contribution is -2.28. The van der Waals surface area contributed by atoms with Crippen LogP contribution in [0.5, 0.6) is 0 Å². The highest BCUT2D eigenvalue weighted by molar-refractivity contribution is 5.94. The van der Waals surface area contributed by atoms with E-state index in [1.807, 2.05) is 31.2 Å². The summed E-state index contributed by atoms with van der Waals surface area (Å²) in [6, 6.07) is 14.6. The maximum atomic E-state index is 12.5. The van der Waals surface area contributed by atoms with Crippen molar-refractivity contribution in [1.82, 2.24) is 14.9 Å². The smallest absolute Gasteiger partial charge is 0.258 e. The van der Waals surface area contributed by atoms with Gasteiger partial charge in [0, 0.05) is 12.6 Å². The number of benzene rings is 2. The number of nitrogens with zero attached hydrogens (tertiary/aromatic N) is 2. The number of carbonyl (C=O) groups is 1. The second-order valence-corrected chi connectivity index (χ2v) is 5.56. The molecular weight excluding hydrogens is 290 g/mol. The van der Waals surface area contributed by atoms with Gasteiger partial charge in [-0.05, 0) is 31.2 Å². The van der Waals surface area contributed by atoms with Crippen molar-refractivity contribution in [2.45, 2.75) is 13.5 Å². The quantitative estimate of drug-likeness (QED) is 0.808. The average molecular weight is 307 g/mol. The fraction of sp³-hybridized carbons (Fsp3) is 0.167. The zero-order valence-electron chi connectivity index (χ0n) is 13.0. The van der Waals surface area contributed by atoms with Crippen molar-refractivity contribution in [1.29, 1.82) is 0 Å². The first-order valence-electron chi connectivity index (χ1n) is 7.34. The van der Waals surface area contributed by atoms with Gasteiger partial charge in [0.1, 0.15) is 5.82 Å². The molecule has 0 aliphatic rings. The molecule has 0 bridgehead atoms. The first-order chi connectivity index (χ1) is 11.0. The number of hydrogen-bond donors (Lipinski definition) is 1. The predicted octanol–water partition coefficient (Wildman–Crippen LogP) is 2.50. The van der Waals surface area contributed by atoms with Gasteiger partial charge in [-0.3, -0.25) is 9.59 Å². The molecule has 0 radical (unpaired) electrons. The van der Waals surface area contributed by atoms with E-state index in [1.54, 1.807) is 36.2 Å². The lowest BCUT2D eigenvalue weighted by molar-refractivity contribution is 0.0781. The van der Waals surface area contributed by atoms with Crippen molar-refractivity contribution in [2.24, 2.45) is 0 Å². The molecule has 3 rings (SSSR count). The van der Waals surface area contributed by atoms with Gasteiger partial charge >= 0.3 is 0 Å². The molecule has 1 amide bonds. The summed E-state index contributed by atoms with van der Waals surface area (Å²) in [7, 11) is 1.69. The van der Waals surface area contributed by atoms with Crippen LogP contribution in [0.4, 0.5) is 0 Å². The Labute approximate surface area is 133 Å². The Kier molecular flexibility index (Phi) is 3.93. The van der Waals surface area contributed by atoms with E-state index in [0.29, 0.717) is 22.3 Å². The van der Waals surface area contributed by atoms with Crippen LogP contribution in [0.15, 0.2) is 53.3 Å². The van der Waals surface area contributed by atoms with E-state index in [-0.39, 0.29) is 18.0 Å². The number of nitrogens with one attached hydrogen (secondary N) is 1. The molecule has 5 heteroatoms. The minimum atomic E-state index is -0.193. The molecule has 0 atom stereocenters. The van der Waals surface area contributed by atoms with Crippen molar-refractivity contribution in [3.05, 3.63) is 75.8 Å². The molecule has 0 saturated carbocycles. The zero-order valence-corrected chi connectivity index (χ0v) is 13.0. The first-order valence-corrected chi connectivity index (χ1v) is 7.34. The van der Waals surface area contributed by atoms with E-state index in [0.717, 1.165) is 5.56 Å². The molecule has 1 N–H and O–H groups in total. The summed E-state index contributed by atoms with van der Waals surface area (Å²) in [5, 5.41) is 0.545. The maximum absolute atomic E-state index is 12.5. The van der Waals surface area contributed by atoms with Gasteiger partial charge in [-0.1, -0.05) is 29.8 Å². The van der Waals surface area contributed by atoms with Gasteiger partial charge in [-0.25, -0.2) is 4.98 Å². The number of rotatable bonds is 3. The molecule has 116 valence electrons. The standard InChI is InChI=1S/C18H17N3O2/c1-12-6-5-7-13(10-12)18(23)21(2)11-16-19-15-9-4-3-8-14(15)17(22)20-16/h3-10H,11H2,1-2H3,(H,19,20,22). The normalized spacial score (nSPS) is 10.7. The summed E-state index contributed by atoms with van der Waals surface area (Å²) in [6.07, 6.45) is 0.